The highest BCUT2D eigenvalue weighted by molar-refractivity contribution is 6.43. The normalized spacial score (nSPS) is 10.6. The van der Waals surface area contributed by atoms with Crippen molar-refractivity contribution in [3.63, 3.8) is 0 Å². The summed E-state index contributed by atoms with van der Waals surface area (Å²) < 4.78 is 6.86. The summed E-state index contributed by atoms with van der Waals surface area (Å²) in [5, 5.41) is 9.59. The van der Waals surface area contributed by atoms with Gasteiger partial charge in [0.05, 0.1) is 18.0 Å². The van der Waals surface area contributed by atoms with E-state index in [1.807, 2.05) is 20.8 Å². The van der Waals surface area contributed by atoms with Crippen LogP contribution in [0.3, 0.4) is 0 Å². The molecule has 3 rings (SSSR count). The van der Waals surface area contributed by atoms with Gasteiger partial charge in [0.15, 0.2) is 0 Å². The molecule has 0 fully saturated rings. The first kappa shape index (κ1) is 20.0. The molecule has 29 heavy (non-hydrogen) atoms. The van der Waals surface area contributed by atoms with Crippen molar-refractivity contribution >= 4 is 23.3 Å². The lowest BCUT2D eigenvalue weighted by Crippen LogP contribution is -2.30. The van der Waals surface area contributed by atoms with E-state index in [9.17, 15) is 9.59 Å². The quantitative estimate of drug-likeness (QED) is 0.622. The molecule has 0 aliphatic heterocycles. The summed E-state index contributed by atoms with van der Waals surface area (Å²) in [6.45, 7) is 6.22. The molecule has 9 nitrogen and oxygen atoms in total. The number of hydrogen-bond donors (Lipinski definition) is 2. The number of rotatable bonds is 6. The number of carbonyl (C=O) groups is 2. The van der Waals surface area contributed by atoms with Crippen LogP contribution in [0.4, 0.5) is 11.5 Å². The Balaban J connectivity index is 1.81. The molecular formula is C20H22N6O3. The van der Waals surface area contributed by atoms with E-state index in [2.05, 4.69) is 25.7 Å². The number of nitrogens with zero attached hydrogens (tertiary/aromatic N) is 4. The lowest BCUT2D eigenvalue weighted by molar-refractivity contribution is -0.133. The summed E-state index contributed by atoms with van der Waals surface area (Å²) in [6.07, 6.45) is 3.14. The summed E-state index contributed by atoms with van der Waals surface area (Å²) in [6, 6.07) is 10.3. The van der Waals surface area contributed by atoms with Crippen LogP contribution in [0, 0.1) is 0 Å². The van der Waals surface area contributed by atoms with Gasteiger partial charge in [-0.2, -0.15) is 9.78 Å². The average Bonchev–Trinajstić information content (AvgIpc) is 3.14. The lowest BCUT2D eigenvalue weighted by atomic mass is 10.1. The number of amides is 2. The van der Waals surface area contributed by atoms with Crippen LogP contribution in [-0.2, 0) is 9.59 Å². The fraction of sp³-hybridized carbons (Fsp3) is 0.250. The topological polar surface area (TPSA) is 111 Å². The highest BCUT2D eigenvalue weighted by Crippen LogP contribution is 2.24. The van der Waals surface area contributed by atoms with Crippen molar-refractivity contribution in [2.45, 2.75) is 26.7 Å². The maximum absolute atomic E-state index is 12.5. The number of anilines is 2. The van der Waals surface area contributed by atoms with Crippen molar-refractivity contribution < 1.29 is 14.3 Å². The van der Waals surface area contributed by atoms with Gasteiger partial charge in [0.2, 0.25) is 0 Å². The van der Waals surface area contributed by atoms with E-state index >= 15 is 0 Å². The highest BCUT2D eigenvalue weighted by atomic mass is 16.5. The van der Waals surface area contributed by atoms with Gasteiger partial charge in [0.1, 0.15) is 11.6 Å². The Labute approximate surface area is 168 Å². The maximum Gasteiger partial charge on any atom is 0.315 e. The van der Waals surface area contributed by atoms with Gasteiger partial charge in [-0.1, -0.05) is 26.0 Å². The molecule has 0 saturated heterocycles. The Kier molecular flexibility index (Phi) is 6.18. The first-order valence-corrected chi connectivity index (χ1v) is 9.21. The summed E-state index contributed by atoms with van der Waals surface area (Å²) in [5.41, 5.74) is 1.15. The van der Waals surface area contributed by atoms with Gasteiger partial charge >= 0.3 is 11.8 Å². The maximum atomic E-state index is 12.5. The van der Waals surface area contributed by atoms with E-state index in [0.717, 1.165) is 5.69 Å². The van der Waals surface area contributed by atoms with Crippen molar-refractivity contribution in [1.82, 2.24) is 19.7 Å². The van der Waals surface area contributed by atoms with E-state index in [-0.39, 0.29) is 11.9 Å². The van der Waals surface area contributed by atoms with Crippen molar-refractivity contribution in [2.24, 2.45) is 0 Å². The second-order valence-corrected chi connectivity index (χ2v) is 6.41. The van der Waals surface area contributed by atoms with Gasteiger partial charge in [0, 0.05) is 18.5 Å². The monoisotopic (exact) mass is 394 g/mol. The third kappa shape index (κ3) is 4.75. The van der Waals surface area contributed by atoms with E-state index in [0.29, 0.717) is 23.9 Å². The first-order chi connectivity index (χ1) is 14.0. The Hall–Kier alpha value is -3.75. The summed E-state index contributed by atoms with van der Waals surface area (Å²) in [7, 11) is 0. The molecule has 2 amide bonds. The predicted octanol–water partition coefficient (Wildman–Crippen LogP) is 2.76. The van der Waals surface area contributed by atoms with Gasteiger partial charge in [-0.05, 0) is 31.0 Å². The van der Waals surface area contributed by atoms with Crippen LogP contribution < -0.4 is 15.4 Å². The standard InChI is InChI=1S/C20H22N6O3/c1-4-29-16-9-6-5-8-14(16)23-18(27)19(28)24-17-12-15(13(2)3)25-26(17)20-21-10-7-11-22-20/h5-13H,4H2,1-3H3,(H,23,27)(H,24,28). The zero-order valence-electron chi connectivity index (χ0n) is 16.4. The van der Waals surface area contributed by atoms with Crippen LogP contribution in [0.1, 0.15) is 32.4 Å². The van der Waals surface area contributed by atoms with Crippen molar-refractivity contribution in [3.8, 4) is 11.7 Å². The van der Waals surface area contributed by atoms with Crippen LogP contribution >= 0.6 is 0 Å². The Morgan fingerprint density at radius 1 is 1.07 bits per heavy atom. The van der Waals surface area contributed by atoms with Crippen LogP contribution in [0.15, 0.2) is 48.8 Å². The molecule has 0 aliphatic rings. The average molecular weight is 394 g/mol. The minimum Gasteiger partial charge on any atom is -0.492 e. The fourth-order valence-corrected chi connectivity index (χ4v) is 2.53. The SMILES string of the molecule is CCOc1ccccc1NC(=O)C(=O)Nc1cc(C(C)C)nn1-c1ncccn1. The predicted molar refractivity (Wildman–Crippen MR) is 108 cm³/mol. The molecule has 0 saturated carbocycles. The lowest BCUT2D eigenvalue weighted by Gasteiger charge is -2.11. The number of ether oxygens (including phenoxy) is 1. The molecule has 150 valence electrons. The Morgan fingerprint density at radius 3 is 2.45 bits per heavy atom. The molecule has 0 unspecified atom stereocenters. The minimum atomic E-state index is -0.844. The largest absolute Gasteiger partial charge is 0.492 e. The Morgan fingerprint density at radius 2 is 1.76 bits per heavy atom. The van der Waals surface area contributed by atoms with Crippen molar-refractivity contribution in [1.29, 1.82) is 0 Å². The van der Waals surface area contributed by atoms with E-state index < -0.39 is 11.8 Å². The molecule has 0 aliphatic carbocycles. The van der Waals surface area contributed by atoms with Gasteiger partial charge in [-0.3, -0.25) is 9.59 Å². The number of aromatic nitrogens is 4. The molecule has 0 bridgehead atoms. The summed E-state index contributed by atoms with van der Waals surface area (Å²) in [4.78, 5) is 33.2. The van der Waals surface area contributed by atoms with Gasteiger partial charge < -0.3 is 15.4 Å². The molecule has 3 aromatic rings. The number of nitrogens with one attached hydrogen (secondary N) is 2. The zero-order chi connectivity index (χ0) is 20.8. The van der Waals surface area contributed by atoms with Crippen molar-refractivity contribution in [3.05, 3.63) is 54.5 Å². The smallest absolute Gasteiger partial charge is 0.315 e. The third-order valence-corrected chi connectivity index (χ3v) is 3.94. The molecule has 0 atom stereocenters. The summed E-state index contributed by atoms with van der Waals surface area (Å²) in [5.74, 6) is -0.480. The van der Waals surface area contributed by atoms with Crippen LogP contribution in [0.2, 0.25) is 0 Å². The molecule has 2 heterocycles. The van der Waals surface area contributed by atoms with E-state index in [1.54, 1.807) is 48.8 Å². The molecule has 0 spiro atoms. The second kappa shape index (κ2) is 8.96. The number of carbonyl (C=O) groups excluding carboxylic acids is 2. The summed E-state index contributed by atoms with van der Waals surface area (Å²) >= 11 is 0. The fourth-order valence-electron chi connectivity index (χ4n) is 2.53. The molecule has 1 aromatic carbocycles. The van der Waals surface area contributed by atoms with E-state index in [1.165, 1.54) is 4.68 Å². The third-order valence-electron chi connectivity index (χ3n) is 3.94. The van der Waals surface area contributed by atoms with Crippen LogP contribution in [0.25, 0.3) is 5.95 Å². The molecular weight excluding hydrogens is 372 g/mol. The number of para-hydroxylation sites is 2. The number of hydrogen-bond acceptors (Lipinski definition) is 6. The molecule has 0 radical (unpaired) electrons. The molecule has 2 N–H and O–H groups in total. The zero-order valence-corrected chi connectivity index (χ0v) is 16.4. The van der Waals surface area contributed by atoms with Gasteiger partial charge in [-0.15, -0.1) is 0 Å². The van der Waals surface area contributed by atoms with Crippen LogP contribution in [-0.4, -0.2) is 38.2 Å². The minimum absolute atomic E-state index is 0.113. The molecule has 2 aromatic heterocycles. The Bertz CT molecular complexity index is 1000. The van der Waals surface area contributed by atoms with Gasteiger partial charge in [0.25, 0.3) is 5.95 Å². The van der Waals surface area contributed by atoms with Gasteiger partial charge in [-0.25, -0.2) is 9.97 Å². The number of benzene rings is 1. The first-order valence-electron chi connectivity index (χ1n) is 9.21. The van der Waals surface area contributed by atoms with Crippen LogP contribution in [0.5, 0.6) is 5.75 Å². The second-order valence-electron chi connectivity index (χ2n) is 6.41. The molecule has 9 heteroatoms. The van der Waals surface area contributed by atoms with E-state index in [4.69, 9.17) is 4.74 Å². The highest BCUT2D eigenvalue weighted by Gasteiger charge is 2.20. The van der Waals surface area contributed by atoms with Crippen molar-refractivity contribution in [2.75, 3.05) is 17.2 Å².